The van der Waals surface area contributed by atoms with Crippen molar-refractivity contribution in [1.29, 1.82) is 0 Å². The Bertz CT molecular complexity index is 1400. The van der Waals surface area contributed by atoms with Crippen LogP contribution in [-0.2, 0) is 4.79 Å². The molecule has 8 heteroatoms. The minimum absolute atomic E-state index is 0.341. The molecule has 0 spiro atoms. The number of hydrazone groups is 1. The number of hydrogen-bond acceptors (Lipinski definition) is 6. The van der Waals surface area contributed by atoms with Gasteiger partial charge in [0.1, 0.15) is 0 Å². The normalized spacial score (nSPS) is 10.9. The lowest BCUT2D eigenvalue weighted by atomic mass is 10.0. The van der Waals surface area contributed by atoms with E-state index in [1.165, 1.54) is 20.2 Å². The maximum Gasteiger partial charge on any atom is 0.308 e. The molecular formula is C26H20IN3O4. The second kappa shape index (κ2) is 10.4. The number of nitrogens with zero attached hydrogens (tertiary/aromatic N) is 2. The number of ether oxygens (including phenoxy) is 2. The molecule has 4 rings (SSSR count). The fourth-order valence-electron chi connectivity index (χ4n) is 3.40. The Morgan fingerprint density at radius 1 is 1.03 bits per heavy atom. The monoisotopic (exact) mass is 565 g/mol. The van der Waals surface area contributed by atoms with Crippen LogP contribution in [0, 0.1) is 3.57 Å². The summed E-state index contributed by atoms with van der Waals surface area (Å²) in [5, 5.41) is 4.86. The number of halogens is 1. The van der Waals surface area contributed by atoms with E-state index in [1.54, 1.807) is 18.2 Å². The molecule has 1 amide bonds. The highest BCUT2D eigenvalue weighted by Crippen LogP contribution is 2.33. The SMILES string of the molecule is COc1cc(/C=N\NC(=O)c2cc(-c3ccccc3)nc3ccccc23)cc(I)c1OC(C)=O. The van der Waals surface area contributed by atoms with Crippen LogP contribution in [0.25, 0.3) is 22.2 Å². The van der Waals surface area contributed by atoms with Gasteiger partial charge in [-0.15, -0.1) is 0 Å². The van der Waals surface area contributed by atoms with Crippen LogP contribution >= 0.6 is 22.6 Å². The highest BCUT2D eigenvalue weighted by atomic mass is 127. The van der Waals surface area contributed by atoms with Crippen LogP contribution in [0.2, 0.25) is 0 Å². The molecule has 0 aliphatic rings. The summed E-state index contributed by atoms with van der Waals surface area (Å²) in [7, 11) is 1.49. The molecule has 3 aromatic carbocycles. The minimum Gasteiger partial charge on any atom is -0.493 e. The molecule has 0 radical (unpaired) electrons. The van der Waals surface area contributed by atoms with Gasteiger partial charge in [-0.25, -0.2) is 10.4 Å². The maximum absolute atomic E-state index is 13.1. The third-order valence-electron chi connectivity index (χ3n) is 4.91. The number of carbonyl (C=O) groups excluding carboxylic acids is 2. The second-order valence-corrected chi connectivity index (χ2v) is 8.43. The van der Waals surface area contributed by atoms with Gasteiger partial charge in [-0.05, 0) is 52.4 Å². The number of nitrogens with one attached hydrogen (secondary N) is 1. The Morgan fingerprint density at radius 2 is 1.76 bits per heavy atom. The van der Waals surface area contributed by atoms with Gasteiger partial charge in [0.05, 0.1) is 33.7 Å². The van der Waals surface area contributed by atoms with Crippen LogP contribution in [0.15, 0.2) is 77.9 Å². The van der Waals surface area contributed by atoms with Crippen molar-refractivity contribution in [2.45, 2.75) is 6.92 Å². The third-order valence-corrected chi connectivity index (χ3v) is 5.71. The number of rotatable bonds is 6. The predicted octanol–water partition coefficient (Wildman–Crippen LogP) is 5.20. The van der Waals surface area contributed by atoms with Gasteiger partial charge < -0.3 is 9.47 Å². The lowest BCUT2D eigenvalue weighted by Gasteiger charge is -2.11. The van der Waals surface area contributed by atoms with Crippen molar-refractivity contribution in [2.24, 2.45) is 5.10 Å². The standard InChI is InChI=1S/C26H20IN3O4/c1-16(31)34-25-21(27)12-17(13-24(25)33-2)15-28-30-26(32)20-14-23(18-8-4-3-5-9-18)29-22-11-7-6-10-19(20)22/h3-15H,1-2H3,(H,30,32)/b28-15-. The lowest BCUT2D eigenvalue weighted by Crippen LogP contribution is -2.18. The van der Waals surface area contributed by atoms with Gasteiger partial charge >= 0.3 is 5.97 Å². The Balaban J connectivity index is 1.62. The Labute approximate surface area is 209 Å². The quantitative estimate of drug-likeness (QED) is 0.114. The summed E-state index contributed by atoms with van der Waals surface area (Å²) in [4.78, 5) is 29.1. The Hall–Kier alpha value is -3.79. The first-order valence-corrected chi connectivity index (χ1v) is 11.4. The molecule has 1 heterocycles. The van der Waals surface area contributed by atoms with Crippen LogP contribution in [0.4, 0.5) is 0 Å². The fourth-order valence-corrected chi connectivity index (χ4v) is 4.14. The van der Waals surface area contributed by atoms with E-state index in [2.05, 4.69) is 10.5 Å². The largest absolute Gasteiger partial charge is 0.493 e. The van der Waals surface area contributed by atoms with E-state index in [4.69, 9.17) is 14.5 Å². The zero-order valence-electron chi connectivity index (χ0n) is 18.4. The third kappa shape index (κ3) is 5.23. The van der Waals surface area contributed by atoms with Gasteiger partial charge in [0.25, 0.3) is 5.91 Å². The van der Waals surface area contributed by atoms with E-state index in [0.717, 1.165) is 16.5 Å². The number of hydrogen-bond donors (Lipinski definition) is 1. The van der Waals surface area contributed by atoms with E-state index in [9.17, 15) is 9.59 Å². The highest BCUT2D eigenvalue weighted by molar-refractivity contribution is 14.1. The van der Waals surface area contributed by atoms with Gasteiger partial charge in [-0.3, -0.25) is 9.59 Å². The first kappa shape index (κ1) is 23.4. The van der Waals surface area contributed by atoms with Crippen LogP contribution in [0.3, 0.4) is 0 Å². The number of aromatic nitrogens is 1. The van der Waals surface area contributed by atoms with Crippen molar-refractivity contribution in [3.8, 4) is 22.8 Å². The van der Waals surface area contributed by atoms with E-state index in [0.29, 0.717) is 31.9 Å². The second-order valence-electron chi connectivity index (χ2n) is 7.27. The van der Waals surface area contributed by atoms with E-state index in [-0.39, 0.29) is 5.91 Å². The molecule has 34 heavy (non-hydrogen) atoms. The average Bonchev–Trinajstić information content (AvgIpc) is 2.85. The number of carbonyl (C=O) groups is 2. The molecule has 1 aromatic heterocycles. The number of methoxy groups -OCH3 is 1. The molecule has 170 valence electrons. The molecular weight excluding hydrogens is 545 g/mol. The zero-order valence-corrected chi connectivity index (χ0v) is 20.6. The molecule has 0 aliphatic carbocycles. The first-order valence-electron chi connectivity index (χ1n) is 10.3. The Morgan fingerprint density at radius 3 is 2.50 bits per heavy atom. The van der Waals surface area contributed by atoms with Gasteiger partial charge in [0.15, 0.2) is 11.5 Å². The number of benzene rings is 3. The van der Waals surface area contributed by atoms with E-state index < -0.39 is 5.97 Å². The van der Waals surface area contributed by atoms with E-state index in [1.807, 2.05) is 77.2 Å². The zero-order chi connectivity index (χ0) is 24.1. The summed E-state index contributed by atoms with van der Waals surface area (Å²) < 4.78 is 11.2. The molecule has 4 aromatic rings. The molecule has 0 fully saturated rings. The smallest absolute Gasteiger partial charge is 0.308 e. The van der Waals surface area contributed by atoms with Crippen molar-refractivity contribution in [1.82, 2.24) is 10.4 Å². The summed E-state index contributed by atoms with van der Waals surface area (Å²) in [6.07, 6.45) is 1.50. The number of esters is 1. The summed E-state index contributed by atoms with van der Waals surface area (Å²) in [5.74, 6) is -0.0643. The summed E-state index contributed by atoms with van der Waals surface area (Å²) >= 11 is 2.05. The molecule has 0 saturated carbocycles. The van der Waals surface area contributed by atoms with Crippen molar-refractivity contribution in [2.75, 3.05) is 7.11 Å². The predicted molar refractivity (Wildman–Crippen MR) is 139 cm³/mol. The molecule has 0 bridgehead atoms. The van der Waals surface area contributed by atoms with Gasteiger partial charge in [-0.1, -0.05) is 48.5 Å². The topological polar surface area (TPSA) is 89.9 Å². The fraction of sp³-hybridized carbons (Fsp3) is 0.0769. The number of fused-ring (bicyclic) bond motifs is 1. The summed E-state index contributed by atoms with van der Waals surface area (Å²) in [6.45, 7) is 1.33. The summed E-state index contributed by atoms with van der Waals surface area (Å²) in [6, 6.07) is 22.4. The molecule has 0 aliphatic heterocycles. The molecule has 1 N–H and O–H groups in total. The summed E-state index contributed by atoms with van der Waals surface area (Å²) in [5.41, 5.74) is 6.08. The highest BCUT2D eigenvalue weighted by Gasteiger charge is 2.15. The number of pyridine rings is 1. The van der Waals surface area contributed by atoms with Crippen LogP contribution < -0.4 is 14.9 Å². The minimum atomic E-state index is -0.440. The van der Waals surface area contributed by atoms with Crippen molar-refractivity contribution in [3.63, 3.8) is 0 Å². The molecule has 0 saturated heterocycles. The maximum atomic E-state index is 13.1. The molecule has 0 atom stereocenters. The van der Waals surface area contributed by atoms with Gasteiger partial charge in [0.2, 0.25) is 0 Å². The number of amides is 1. The van der Waals surface area contributed by atoms with Crippen LogP contribution in [0.1, 0.15) is 22.8 Å². The van der Waals surface area contributed by atoms with E-state index >= 15 is 0 Å². The van der Waals surface area contributed by atoms with Crippen molar-refractivity contribution >= 4 is 51.6 Å². The van der Waals surface area contributed by atoms with Crippen LogP contribution in [-0.4, -0.2) is 30.2 Å². The van der Waals surface area contributed by atoms with Crippen molar-refractivity contribution in [3.05, 3.63) is 87.5 Å². The first-order chi connectivity index (χ1) is 16.5. The number of para-hydroxylation sites is 1. The van der Waals surface area contributed by atoms with Crippen LogP contribution in [0.5, 0.6) is 11.5 Å². The average molecular weight is 565 g/mol. The Kier molecular flexibility index (Phi) is 7.17. The molecule has 0 unspecified atom stereocenters. The van der Waals surface area contributed by atoms with Crippen molar-refractivity contribution < 1.29 is 19.1 Å². The van der Waals surface area contributed by atoms with Gasteiger partial charge in [0, 0.05) is 17.9 Å². The lowest BCUT2D eigenvalue weighted by molar-refractivity contribution is -0.132. The molecule has 7 nitrogen and oxygen atoms in total. The van der Waals surface area contributed by atoms with Gasteiger partial charge in [-0.2, -0.15) is 5.10 Å².